The Balaban J connectivity index is 1.51. The number of benzene rings is 2. The van der Waals surface area contributed by atoms with Crippen molar-refractivity contribution in [3.8, 4) is 5.69 Å². The van der Waals surface area contributed by atoms with Crippen molar-refractivity contribution in [2.75, 3.05) is 18.4 Å². The summed E-state index contributed by atoms with van der Waals surface area (Å²) in [6.07, 6.45) is 2.08. The molecule has 1 fully saturated rings. The molecule has 1 aliphatic rings. The molecule has 0 aliphatic carbocycles. The zero-order valence-electron chi connectivity index (χ0n) is 16.9. The van der Waals surface area contributed by atoms with Crippen molar-refractivity contribution < 1.29 is 4.39 Å². The monoisotopic (exact) mass is 394 g/mol. The molecule has 3 aromatic rings. The number of hydrogen-bond donors (Lipinski definition) is 1. The van der Waals surface area contributed by atoms with Gasteiger partial charge in [-0.15, -0.1) is 0 Å². The fraction of sp³-hybridized carbons (Fsp3) is 0.348. The minimum Gasteiger partial charge on any atom is -0.381 e. The number of piperidine rings is 1. The van der Waals surface area contributed by atoms with Gasteiger partial charge in [-0.1, -0.05) is 24.3 Å². The summed E-state index contributed by atoms with van der Waals surface area (Å²) in [5, 5.41) is 3.44. The van der Waals surface area contributed by atoms with Crippen LogP contribution in [0.3, 0.4) is 0 Å². The standard InChI is InChI=1S/C23H27FN4O/c1-17-22(23(29)28(26(17)2)21-11-4-3-5-12-21)16-27-13-7-10-20(15-27)25-19-9-6-8-18(24)14-19/h3-6,8-9,11-12,14,20,25H,7,10,13,15-16H2,1-2H3. The van der Waals surface area contributed by atoms with E-state index < -0.39 is 0 Å². The van der Waals surface area contributed by atoms with Crippen molar-refractivity contribution in [3.63, 3.8) is 0 Å². The molecule has 5 nitrogen and oxygen atoms in total. The Labute approximate surface area is 170 Å². The number of nitrogens with one attached hydrogen (secondary N) is 1. The molecular weight excluding hydrogens is 367 g/mol. The molecule has 1 aliphatic heterocycles. The predicted octanol–water partition coefficient (Wildman–Crippen LogP) is 3.70. The van der Waals surface area contributed by atoms with E-state index in [2.05, 4.69) is 10.2 Å². The van der Waals surface area contributed by atoms with E-state index in [1.54, 1.807) is 10.7 Å². The molecule has 1 unspecified atom stereocenters. The number of likely N-dealkylation sites (tertiary alicyclic amines) is 1. The van der Waals surface area contributed by atoms with Gasteiger partial charge < -0.3 is 5.32 Å². The molecule has 29 heavy (non-hydrogen) atoms. The van der Waals surface area contributed by atoms with Gasteiger partial charge in [0.15, 0.2) is 0 Å². The third-order valence-corrected chi connectivity index (χ3v) is 5.76. The highest BCUT2D eigenvalue weighted by atomic mass is 19.1. The molecule has 4 rings (SSSR count). The van der Waals surface area contributed by atoms with E-state index in [9.17, 15) is 9.18 Å². The molecule has 152 valence electrons. The molecule has 1 N–H and O–H groups in total. The molecular formula is C23H27FN4O. The fourth-order valence-electron chi connectivity index (χ4n) is 4.16. The van der Waals surface area contributed by atoms with Gasteiger partial charge in [-0.2, -0.15) is 0 Å². The molecule has 2 aromatic carbocycles. The summed E-state index contributed by atoms with van der Waals surface area (Å²) in [5.74, 6) is -0.232. The SMILES string of the molecule is Cc1c(CN2CCCC(Nc3cccc(F)c3)C2)c(=O)n(-c2ccccc2)n1C. The molecule has 1 saturated heterocycles. The number of hydrogen-bond acceptors (Lipinski definition) is 3. The Kier molecular flexibility index (Phi) is 5.53. The Morgan fingerprint density at radius 2 is 1.93 bits per heavy atom. The minimum atomic E-state index is -0.232. The van der Waals surface area contributed by atoms with Crippen molar-refractivity contribution in [2.24, 2.45) is 7.05 Å². The second kappa shape index (κ2) is 8.25. The first-order valence-electron chi connectivity index (χ1n) is 10.1. The predicted molar refractivity (Wildman–Crippen MR) is 114 cm³/mol. The van der Waals surface area contributed by atoms with Gasteiger partial charge in [-0.05, 0) is 56.6 Å². The summed E-state index contributed by atoms with van der Waals surface area (Å²) >= 11 is 0. The maximum atomic E-state index is 13.5. The Morgan fingerprint density at radius 3 is 2.69 bits per heavy atom. The summed E-state index contributed by atoms with van der Waals surface area (Å²) in [4.78, 5) is 15.5. The van der Waals surface area contributed by atoms with E-state index in [0.717, 1.165) is 48.6 Å². The molecule has 2 heterocycles. The number of aromatic nitrogens is 2. The van der Waals surface area contributed by atoms with E-state index in [1.165, 1.54) is 12.1 Å². The average Bonchev–Trinajstić information content (AvgIpc) is 2.92. The number of para-hydroxylation sites is 1. The highest BCUT2D eigenvalue weighted by Crippen LogP contribution is 2.19. The Hall–Kier alpha value is -2.86. The van der Waals surface area contributed by atoms with Crippen molar-refractivity contribution in [1.29, 1.82) is 0 Å². The first-order chi connectivity index (χ1) is 14.0. The second-order valence-corrected chi connectivity index (χ2v) is 7.77. The Bertz CT molecular complexity index is 1040. The van der Waals surface area contributed by atoms with E-state index in [0.29, 0.717) is 6.54 Å². The lowest BCUT2D eigenvalue weighted by Gasteiger charge is -2.33. The summed E-state index contributed by atoms with van der Waals surface area (Å²) in [6, 6.07) is 16.6. The van der Waals surface area contributed by atoms with Crippen molar-refractivity contribution in [1.82, 2.24) is 14.3 Å². The summed E-state index contributed by atoms with van der Waals surface area (Å²) in [7, 11) is 1.93. The van der Waals surface area contributed by atoms with Gasteiger partial charge in [-0.3, -0.25) is 14.4 Å². The maximum absolute atomic E-state index is 13.5. The molecule has 6 heteroatoms. The van der Waals surface area contributed by atoms with E-state index in [1.807, 2.05) is 55.1 Å². The van der Waals surface area contributed by atoms with Crippen LogP contribution in [-0.4, -0.2) is 33.4 Å². The van der Waals surface area contributed by atoms with Crippen LogP contribution in [0.1, 0.15) is 24.1 Å². The van der Waals surface area contributed by atoms with Crippen LogP contribution in [0.5, 0.6) is 0 Å². The van der Waals surface area contributed by atoms with E-state index in [-0.39, 0.29) is 17.4 Å². The molecule has 0 spiro atoms. The molecule has 1 atom stereocenters. The van der Waals surface area contributed by atoms with Crippen LogP contribution in [0, 0.1) is 12.7 Å². The van der Waals surface area contributed by atoms with Crippen LogP contribution < -0.4 is 10.9 Å². The van der Waals surface area contributed by atoms with Crippen molar-refractivity contribution in [3.05, 3.63) is 82.0 Å². The summed E-state index contributed by atoms with van der Waals surface area (Å²) in [6.45, 7) is 4.42. The maximum Gasteiger partial charge on any atom is 0.276 e. The molecule has 0 amide bonds. The zero-order chi connectivity index (χ0) is 20.4. The lowest BCUT2D eigenvalue weighted by molar-refractivity contribution is 0.207. The largest absolute Gasteiger partial charge is 0.381 e. The first kappa shape index (κ1) is 19.5. The van der Waals surface area contributed by atoms with Gasteiger partial charge >= 0.3 is 0 Å². The molecule has 1 aromatic heterocycles. The second-order valence-electron chi connectivity index (χ2n) is 7.77. The normalized spacial score (nSPS) is 17.4. The lowest BCUT2D eigenvalue weighted by Crippen LogP contribution is -2.42. The quantitative estimate of drug-likeness (QED) is 0.718. The summed E-state index contributed by atoms with van der Waals surface area (Å²) in [5.41, 5.74) is 3.54. The first-order valence-corrected chi connectivity index (χ1v) is 10.1. The number of anilines is 1. The van der Waals surface area contributed by atoms with Crippen molar-refractivity contribution in [2.45, 2.75) is 32.4 Å². The highest BCUT2D eigenvalue weighted by Gasteiger charge is 2.23. The van der Waals surface area contributed by atoms with Crippen LogP contribution in [-0.2, 0) is 13.6 Å². The number of rotatable bonds is 5. The van der Waals surface area contributed by atoms with Gasteiger partial charge in [0.05, 0.1) is 11.3 Å². The van der Waals surface area contributed by atoms with Gasteiger partial charge in [0, 0.05) is 37.6 Å². The van der Waals surface area contributed by atoms with E-state index >= 15 is 0 Å². The third kappa shape index (κ3) is 4.12. The van der Waals surface area contributed by atoms with Crippen LogP contribution in [0.15, 0.2) is 59.4 Å². The smallest absolute Gasteiger partial charge is 0.276 e. The van der Waals surface area contributed by atoms with Gasteiger partial charge in [0.25, 0.3) is 5.56 Å². The topological polar surface area (TPSA) is 42.2 Å². The lowest BCUT2D eigenvalue weighted by atomic mass is 10.0. The number of halogens is 1. The molecule has 0 radical (unpaired) electrons. The average molecular weight is 394 g/mol. The number of nitrogens with zero attached hydrogens (tertiary/aromatic N) is 3. The minimum absolute atomic E-state index is 0.0383. The van der Waals surface area contributed by atoms with Crippen molar-refractivity contribution >= 4 is 5.69 Å². The van der Waals surface area contributed by atoms with Crippen LogP contribution in [0.4, 0.5) is 10.1 Å². The van der Waals surface area contributed by atoms with E-state index in [4.69, 9.17) is 0 Å². The van der Waals surface area contributed by atoms with Crippen LogP contribution >= 0.6 is 0 Å². The zero-order valence-corrected chi connectivity index (χ0v) is 16.9. The highest BCUT2D eigenvalue weighted by molar-refractivity contribution is 5.44. The van der Waals surface area contributed by atoms with Crippen LogP contribution in [0.25, 0.3) is 5.69 Å². The van der Waals surface area contributed by atoms with Gasteiger partial charge in [0.1, 0.15) is 5.82 Å². The Morgan fingerprint density at radius 1 is 1.14 bits per heavy atom. The fourth-order valence-corrected chi connectivity index (χ4v) is 4.16. The molecule has 0 saturated carbocycles. The van der Waals surface area contributed by atoms with Gasteiger partial charge in [0.2, 0.25) is 0 Å². The molecule has 0 bridgehead atoms. The summed E-state index contributed by atoms with van der Waals surface area (Å²) < 4.78 is 17.1. The van der Waals surface area contributed by atoms with Gasteiger partial charge in [-0.25, -0.2) is 9.07 Å². The third-order valence-electron chi connectivity index (χ3n) is 5.76. The van der Waals surface area contributed by atoms with Crippen LogP contribution in [0.2, 0.25) is 0 Å².